The van der Waals surface area contributed by atoms with Crippen LogP contribution in [0.25, 0.3) is 0 Å². The maximum atomic E-state index is 6.29. The number of fused-ring (bicyclic) bond motifs is 2. The lowest BCUT2D eigenvalue weighted by atomic mass is 9.86. The highest BCUT2D eigenvalue weighted by Crippen LogP contribution is 2.38. The Morgan fingerprint density at radius 2 is 2.05 bits per heavy atom. The third kappa shape index (κ3) is 2.64. The average molecular weight is 276 g/mol. The van der Waals surface area contributed by atoms with E-state index in [-0.39, 0.29) is 0 Å². The third-order valence-corrected chi connectivity index (χ3v) is 4.47. The van der Waals surface area contributed by atoms with Crippen molar-refractivity contribution >= 4 is 5.69 Å². The van der Waals surface area contributed by atoms with Crippen molar-refractivity contribution in [3.8, 4) is 5.75 Å². The van der Waals surface area contributed by atoms with E-state index in [1.54, 1.807) is 7.11 Å². The number of nitrogens with two attached hydrogens (primary N) is 1. The number of nitrogens with zero attached hydrogens (tertiary/aromatic N) is 1. The minimum atomic E-state index is 0.695. The van der Waals surface area contributed by atoms with E-state index in [9.17, 15) is 0 Å². The van der Waals surface area contributed by atoms with Gasteiger partial charge in [-0.1, -0.05) is 26.3 Å². The number of methoxy groups -OCH3 is 1. The Balaban J connectivity index is 0.000000704. The number of anilines is 1. The molecular formula is C17H28N2O. The van der Waals surface area contributed by atoms with Crippen molar-refractivity contribution in [2.75, 3.05) is 19.4 Å². The topological polar surface area (TPSA) is 38.5 Å². The van der Waals surface area contributed by atoms with Gasteiger partial charge in [-0.05, 0) is 49.4 Å². The predicted molar refractivity (Wildman–Crippen MR) is 85.2 cm³/mol. The zero-order chi connectivity index (χ0) is 14.7. The largest absolute Gasteiger partial charge is 0.494 e. The molecule has 2 N–H and O–H groups in total. The predicted octanol–water partition coefficient (Wildman–Crippen LogP) is 3.52. The van der Waals surface area contributed by atoms with Crippen LogP contribution in [-0.2, 0) is 13.0 Å². The maximum Gasteiger partial charge on any atom is 0.144 e. The smallest absolute Gasteiger partial charge is 0.144 e. The molecule has 0 radical (unpaired) electrons. The quantitative estimate of drug-likeness (QED) is 0.798. The Labute approximate surface area is 123 Å². The minimum Gasteiger partial charge on any atom is -0.494 e. The van der Waals surface area contributed by atoms with Crippen LogP contribution >= 0.6 is 0 Å². The normalized spacial score (nSPS) is 21.3. The van der Waals surface area contributed by atoms with Crippen molar-refractivity contribution in [2.24, 2.45) is 0 Å². The van der Waals surface area contributed by atoms with E-state index in [1.165, 1.54) is 36.9 Å². The summed E-state index contributed by atoms with van der Waals surface area (Å²) in [6, 6.07) is 2.95. The summed E-state index contributed by atoms with van der Waals surface area (Å²) in [4.78, 5) is 2.62. The highest BCUT2D eigenvalue weighted by molar-refractivity contribution is 5.65. The molecule has 112 valence electrons. The van der Waals surface area contributed by atoms with E-state index >= 15 is 0 Å². The molecule has 0 spiro atoms. The number of hydrogen-bond acceptors (Lipinski definition) is 3. The number of nitrogen functional groups attached to an aromatic ring is 1. The average Bonchev–Trinajstić information content (AvgIpc) is 2.48. The number of ether oxygens (including phenoxy) is 1. The fourth-order valence-electron chi connectivity index (χ4n) is 3.54. The fourth-order valence-corrected chi connectivity index (χ4v) is 3.54. The minimum absolute atomic E-state index is 0.695. The van der Waals surface area contributed by atoms with Gasteiger partial charge in [-0.15, -0.1) is 0 Å². The van der Waals surface area contributed by atoms with Gasteiger partial charge in [0, 0.05) is 12.6 Å². The summed E-state index contributed by atoms with van der Waals surface area (Å²) < 4.78 is 5.44. The van der Waals surface area contributed by atoms with E-state index in [1.807, 2.05) is 13.8 Å². The summed E-state index contributed by atoms with van der Waals surface area (Å²) in [5.41, 5.74) is 11.1. The van der Waals surface area contributed by atoms with E-state index in [2.05, 4.69) is 17.9 Å². The molecule has 1 aromatic rings. The summed E-state index contributed by atoms with van der Waals surface area (Å²) in [5.74, 6) is 0.873. The molecule has 3 rings (SSSR count). The van der Waals surface area contributed by atoms with Crippen LogP contribution in [0.1, 0.15) is 49.8 Å². The maximum absolute atomic E-state index is 6.29. The van der Waals surface area contributed by atoms with Gasteiger partial charge in [0.05, 0.1) is 12.8 Å². The van der Waals surface area contributed by atoms with E-state index in [4.69, 9.17) is 10.5 Å². The molecule has 1 aromatic carbocycles. The number of rotatable bonds is 1. The molecular weight excluding hydrogens is 248 g/mol. The van der Waals surface area contributed by atoms with Crippen LogP contribution in [0, 0.1) is 6.92 Å². The Morgan fingerprint density at radius 1 is 1.30 bits per heavy atom. The Kier molecular flexibility index (Phi) is 4.92. The summed E-state index contributed by atoms with van der Waals surface area (Å²) in [6.45, 7) is 8.39. The summed E-state index contributed by atoms with van der Waals surface area (Å²) >= 11 is 0. The second kappa shape index (κ2) is 6.49. The van der Waals surface area contributed by atoms with Crippen molar-refractivity contribution in [3.63, 3.8) is 0 Å². The standard InChI is InChI=1S/C15H22N2O.C2H6/c1-10-7-11-9-17-6-4-3-5-12(17)8-13(11)14(16)15(10)18-2;1-2/h7,12H,3-6,8-9,16H2,1-2H3;1-2H3. The van der Waals surface area contributed by atoms with Gasteiger partial charge in [-0.25, -0.2) is 0 Å². The SMILES string of the molecule is CC.COc1c(C)cc2c(c1N)CC1CCCCN1C2. The first kappa shape index (κ1) is 15.2. The zero-order valence-corrected chi connectivity index (χ0v) is 13.3. The molecule has 1 saturated heterocycles. The molecule has 2 aliphatic rings. The lowest BCUT2D eigenvalue weighted by molar-refractivity contribution is 0.127. The van der Waals surface area contributed by atoms with Crippen LogP contribution in [-0.4, -0.2) is 24.6 Å². The molecule has 0 aliphatic carbocycles. The number of hydrogen-bond donors (Lipinski definition) is 1. The van der Waals surface area contributed by atoms with Crippen molar-refractivity contribution < 1.29 is 4.74 Å². The molecule has 0 amide bonds. The zero-order valence-electron chi connectivity index (χ0n) is 13.3. The third-order valence-electron chi connectivity index (χ3n) is 4.47. The van der Waals surface area contributed by atoms with Crippen LogP contribution in [0.2, 0.25) is 0 Å². The van der Waals surface area contributed by atoms with Crippen molar-refractivity contribution in [1.82, 2.24) is 4.90 Å². The van der Waals surface area contributed by atoms with Crippen LogP contribution < -0.4 is 10.5 Å². The summed E-state index contributed by atoms with van der Waals surface area (Å²) in [6.07, 6.45) is 5.11. The van der Waals surface area contributed by atoms with Gasteiger partial charge in [-0.2, -0.15) is 0 Å². The second-order valence-corrected chi connectivity index (χ2v) is 5.60. The molecule has 3 heteroatoms. The first-order chi connectivity index (χ1) is 9.70. The highest BCUT2D eigenvalue weighted by Gasteiger charge is 2.30. The van der Waals surface area contributed by atoms with Gasteiger partial charge in [0.25, 0.3) is 0 Å². The van der Waals surface area contributed by atoms with Gasteiger partial charge in [0.1, 0.15) is 5.75 Å². The molecule has 2 aliphatic heterocycles. The first-order valence-electron chi connectivity index (χ1n) is 7.89. The molecule has 0 aromatic heterocycles. The molecule has 2 heterocycles. The van der Waals surface area contributed by atoms with Crippen LogP contribution in [0.5, 0.6) is 5.75 Å². The fraction of sp³-hybridized carbons (Fsp3) is 0.647. The Bertz CT molecular complexity index is 471. The molecule has 1 atom stereocenters. The Morgan fingerprint density at radius 3 is 2.75 bits per heavy atom. The first-order valence-corrected chi connectivity index (χ1v) is 7.89. The molecule has 0 saturated carbocycles. The van der Waals surface area contributed by atoms with Gasteiger partial charge in [-0.3, -0.25) is 4.90 Å². The molecule has 20 heavy (non-hydrogen) atoms. The second-order valence-electron chi connectivity index (χ2n) is 5.60. The molecule has 1 unspecified atom stereocenters. The summed E-state index contributed by atoms with van der Waals surface area (Å²) in [7, 11) is 1.71. The van der Waals surface area contributed by atoms with Crippen molar-refractivity contribution in [3.05, 3.63) is 22.8 Å². The monoisotopic (exact) mass is 276 g/mol. The number of benzene rings is 1. The molecule has 3 nitrogen and oxygen atoms in total. The van der Waals surface area contributed by atoms with Crippen LogP contribution in [0.4, 0.5) is 5.69 Å². The number of aryl methyl sites for hydroxylation is 1. The highest BCUT2D eigenvalue weighted by atomic mass is 16.5. The van der Waals surface area contributed by atoms with E-state index < -0.39 is 0 Å². The number of piperidine rings is 1. The van der Waals surface area contributed by atoms with E-state index in [0.29, 0.717) is 6.04 Å². The van der Waals surface area contributed by atoms with Gasteiger partial charge < -0.3 is 10.5 Å². The van der Waals surface area contributed by atoms with E-state index in [0.717, 1.165) is 30.0 Å². The van der Waals surface area contributed by atoms with Crippen molar-refractivity contribution in [2.45, 2.75) is 59.0 Å². The molecule has 0 bridgehead atoms. The van der Waals surface area contributed by atoms with Gasteiger partial charge in [0.15, 0.2) is 0 Å². The van der Waals surface area contributed by atoms with Crippen LogP contribution in [0.15, 0.2) is 6.07 Å². The van der Waals surface area contributed by atoms with Crippen molar-refractivity contribution in [1.29, 1.82) is 0 Å². The Hall–Kier alpha value is -1.22. The van der Waals surface area contributed by atoms with Crippen LogP contribution in [0.3, 0.4) is 0 Å². The summed E-state index contributed by atoms with van der Waals surface area (Å²) in [5, 5.41) is 0. The lowest BCUT2D eigenvalue weighted by Crippen LogP contribution is -2.43. The van der Waals surface area contributed by atoms with Gasteiger partial charge >= 0.3 is 0 Å². The van der Waals surface area contributed by atoms with Gasteiger partial charge in [0.2, 0.25) is 0 Å². The lowest BCUT2D eigenvalue weighted by Gasteiger charge is -2.40. The molecule has 1 fully saturated rings.